The van der Waals surface area contributed by atoms with Gasteiger partial charge >= 0.3 is 0 Å². The molecule has 0 N–H and O–H groups in total. The Morgan fingerprint density at radius 2 is 2.27 bits per heavy atom. The van der Waals surface area contributed by atoms with Crippen LogP contribution in [0.4, 0.5) is 0 Å². The van der Waals surface area contributed by atoms with Crippen molar-refractivity contribution in [1.29, 1.82) is 0 Å². The summed E-state index contributed by atoms with van der Waals surface area (Å²) in [4.78, 5) is 0. The van der Waals surface area contributed by atoms with Crippen molar-refractivity contribution < 1.29 is 13.2 Å². The summed E-state index contributed by atoms with van der Waals surface area (Å²) in [6.07, 6.45) is 0.777. The quantitative estimate of drug-likeness (QED) is 0.622. The largest absolute Gasteiger partial charge is 0.381 e. The minimum absolute atomic E-state index is 0.0154. The van der Waals surface area contributed by atoms with E-state index >= 15 is 0 Å². The van der Waals surface area contributed by atoms with E-state index in [2.05, 4.69) is 0 Å². The Bertz CT molecular complexity index is 228. The minimum Gasteiger partial charge on any atom is -0.381 e. The molecule has 5 heteroatoms. The number of hydrogen-bond acceptors (Lipinski definition) is 3. The fourth-order valence-corrected chi connectivity index (χ4v) is 3.09. The number of hydrogen-bond donors (Lipinski definition) is 0. The van der Waals surface area contributed by atoms with Crippen LogP contribution in [0, 0.1) is 5.41 Å². The van der Waals surface area contributed by atoms with E-state index in [9.17, 15) is 8.42 Å². The molecular formula is C6H11ClO3S. The summed E-state index contributed by atoms with van der Waals surface area (Å²) in [5.74, 6) is 0.0154. The van der Waals surface area contributed by atoms with Crippen LogP contribution in [0.2, 0.25) is 0 Å². The predicted molar refractivity (Wildman–Crippen MR) is 43.2 cm³/mol. The van der Waals surface area contributed by atoms with Crippen molar-refractivity contribution in [1.82, 2.24) is 0 Å². The maximum absolute atomic E-state index is 10.7. The van der Waals surface area contributed by atoms with Gasteiger partial charge in [-0.3, -0.25) is 0 Å². The summed E-state index contributed by atoms with van der Waals surface area (Å²) in [5.41, 5.74) is -0.263. The second kappa shape index (κ2) is 2.92. The molecule has 1 fully saturated rings. The van der Waals surface area contributed by atoms with E-state index in [-0.39, 0.29) is 11.2 Å². The molecule has 1 rings (SSSR count). The van der Waals surface area contributed by atoms with Gasteiger partial charge in [0.1, 0.15) is 0 Å². The summed E-state index contributed by atoms with van der Waals surface area (Å²) in [5, 5.41) is 0. The molecule has 11 heavy (non-hydrogen) atoms. The summed E-state index contributed by atoms with van der Waals surface area (Å²) in [6, 6.07) is 0. The molecule has 66 valence electrons. The second-order valence-corrected chi connectivity index (χ2v) is 6.07. The van der Waals surface area contributed by atoms with Crippen molar-refractivity contribution in [3.63, 3.8) is 0 Å². The molecule has 1 atom stereocenters. The normalized spacial score (nSPS) is 32.5. The van der Waals surface area contributed by atoms with Crippen molar-refractivity contribution in [3.05, 3.63) is 0 Å². The van der Waals surface area contributed by atoms with E-state index in [1.54, 1.807) is 0 Å². The van der Waals surface area contributed by atoms with Gasteiger partial charge in [-0.05, 0) is 6.42 Å². The average Bonchev–Trinajstić information content (AvgIpc) is 2.09. The first-order valence-electron chi connectivity index (χ1n) is 3.41. The molecular weight excluding hydrogens is 188 g/mol. The molecule has 0 aromatic heterocycles. The summed E-state index contributed by atoms with van der Waals surface area (Å²) < 4.78 is 26.5. The van der Waals surface area contributed by atoms with Crippen LogP contribution < -0.4 is 0 Å². The van der Waals surface area contributed by atoms with Crippen LogP contribution in [-0.4, -0.2) is 27.4 Å². The van der Waals surface area contributed by atoms with E-state index < -0.39 is 9.05 Å². The zero-order valence-corrected chi connectivity index (χ0v) is 7.91. The van der Waals surface area contributed by atoms with E-state index in [0.29, 0.717) is 13.2 Å². The molecule has 0 aromatic carbocycles. The fraction of sp³-hybridized carbons (Fsp3) is 1.00. The number of halogens is 1. The van der Waals surface area contributed by atoms with Crippen LogP contribution in [0.3, 0.4) is 0 Å². The molecule has 0 saturated carbocycles. The van der Waals surface area contributed by atoms with Gasteiger partial charge in [-0.2, -0.15) is 0 Å². The zero-order valence-electron chi connectivity index (χ0n) is 6.34. The van der Waals surface area contributed by atoms with E-state index in [0.717, 1.165) is 6.42 Å². The first kappa shape index (κ1) is 9.29. The van der Waals surface area contributed by atoms with Crippen LogP contribution in [0.1, 0.15) is 13.3 Å². The van der Waals surface area contributed by atoms with Gasteiger partial charge in [0.2, 0.25) is 9.05 Å². The van der Waals surface area contributed by atoms with Crippen molar-refractivity contribution in [3.8, 4) is 0 Å². The molecule has 1 aliphatic rings. The SMILES string of the molecule is C[C@]1(CS(=O)(=O)Cl)CCOC1. The molecule has 3 nitrogen and oxygen atoms in total. The van der Waals surface area contributed by atoms with Crippen molar-refractivity contribution in [2.45, 2.75) is 13.3 Å². The highest BCUT2D eigenvalue weighted by Crippen LogP contribution is 2.30. The minimum atomic E-state index is -3.37. The van der Waals surface area contributed by atoms with Gasteiger partial charge in [0.05, 0.1) is 12.4 Å². The highest BCUT2D eigenvalue weighted by molar-refractivity contribution is 8.13. The van der Waals surface area contributed by atoms with Gasteiger partial charge in [-0.25, -0.2) is 8.42 Å². The average molecular weight is 199 g/mol. The van der Waals surface area contributed by atoms with Crippen molar-refractivity contribution in [2.75, 3.05) is 19.0 Å². The van der Waals surface area contributed by atoms with Crippen LogP contribution in [0.5, 0.6) is 0 Å². The first-order chi connectivity index (χ1) is 4.91. The van der Waals surface area contributed by atoms with E-state index in [1.165, 1.54) is 0 Å². The van der Waals surface area contributed by atoms with E-state index in [4.69, 9.17) is 15.4 Å². The van der Waals surface area contributed by atoms with E-state index in [1.807, 2.05) is 6.92 Å². The lowest BCUT2D eigenvalue weighted by molar-refractivity contribution is 0.167. The monoisotopic (exact) mass is 198 g/mol. The molecule has 0 spiro atoms. The third-order valence-electron chi connectivity index (χ3n) is 1.82. The predicted octanol–water partition coefficient (Wildman–Crippen LogP) is 0.982. The lowest BCUT2D eigenvalue weighted by Gasteiger charge is -2.18. The van der Waals surface area contributed by atoms with Crippen LogP contribution in [-0.2, 0) is 13.8 Å². The fourth-order valence-electron chi connectivity index (χ4n) is 1.24. The van der Waals surface area contributed by atoms with Gasteiger partial charge in [0.15, 0.2) is 0 Å². The Morgan fingerprint density at radius 1 is 1.64 bits per heavy atom. The molecule has 0 radical (unpaired) electrons. The lowest BCUT2D eigenvalue weighted by atomic mass is 9.93. The maximum atomic E-state index is 10.7. The van der Waals surface area contributed by atoms with Gasteiger partial charge in [0.25, 0.3) is 0 Å². The smallest absolute Gasteiger partial charge is 0.233 e. The van der Waals surface area contributed by atoms with Crippen molar-refractivity contribution in [2.24, 2.45) is 5.41 Å². The van der Waals surface area contributed by atoms with Gasteiger partial charge in [0, 0.05) is 22.7 Å². The lowest BCUT2D eigenvalue weighted by Crippen LogP contribution is -2.24. The third kappa shape index (κ3) is 2.97. The molecule has 0 amide bonds. The number of rotatable bonds is 2. The molecule has 0 unspecified atom stereocenters. The van der Waals surface area contributed by atoms with Gasteiger partial charge in [-0.1, -0.05) is 6.92 Å². The summed E-state index contributed by atoms with van der Waals surface area (Å²) in [7, 11) is 1.75. The van der Waals surface area contributed by atoms with Gasteiger partial charge in [-0.15, -0.1) is 0 Å². The zero-order chi connectivity index (χ0) is 8.54. The molecule has 0 aliphatic carbocycles. The standard InChI is InChI=1S/C6H11ClO3S/c1-6(2-3-10-4-6)5-11(7,8)9/h2-5H2,1H3/t6-/m0/s1. The Kier molecular flexibility index (Phi) is 2.46. The molecule has 0 aromatic rings. The molecule has 1 saturated heterocycles. The van der Waals surface area contributed by atoms with Gasteiger partial charge < -0.3 is 4.74 Å². The Hall–Kier alpha value is 0.200. The second-order valence-electron chi connectivity index (χ2n) is 3.30. The number of ether oxygens (including phenoxy) is 1. The van der Waals surface area contributed by atoms with Crippen molar-refractivity contribution >= 4 is 19.7 Å². The molecule has 1 aliphatic heterocycles. The Morgan fingerprint density at radius 3 is 2.64 bits per heavy atom. The van der Waals surface area contributed by atoms with Crippen LogP contribution >= 0.6 is 10.7 Å². The summed E-state index contributed by atoms with van der Waals surface area (Å²) in [6.45, 7) is 3.02. The van der Waals surface area contributed by atoms with Crippen LogP contribution in [0.15, 0.2) is 0 Å². The third-order valence-corrected chi connectivity index (χ3v) is 3.19. The Balaban J connectivity index is 2.60. The Labute approximate surface area is 71.1 Å². The van der Waals surface area contributed by atoms with Crippen LogP contribution in [0.25, 0.3) is 0 Å². The molecule has 1 heterocycles. The molecule has 0 bridgehead atoms. The maximum Gasteiger partial charge on any atom is 0.233 e. The topological polar surface area (TPSA) is 43.4 Å². The first-order valence-corrected chi connectivity index (χ1v) is 5.89. The summed E-state index contributed by atoms with van der Waals surface area (Å²) >= 11 is 0. The highest BCUT2D eigenvalue weighted by Gasteiger charge is 2.33. The highest BCUT2D eigenvalue weighted by atomic mass is 35.7.